The quantitative estimate of drug-likeness (QED) is 0.587. The maximum absolute atomic E-state index is 5.23. The highest BCUT2D eigenvalue weighted by Gasteiger charge is 2.05. The third kappa shape index (κ3) is 1.53. The van der Waals surface area contributed by atoms with E-state index in [0.717, 1.165) is 16.8 Å². The molecule has 0 amide bonds. The van der Waals surface area contributed by atoms with Crippen LogP contribution in [0.5, 0.6) is 5.75 Å². The predicted octanol–water partition coefficient (Wildman–Crippen LogP) is 3.71. The van der Waals surface area contributed by atoms with Crippen molar-refractivity contribution in [2.45, 2.75) is 6.92 Å². The maximum Gasteiger partial charge on any atom is 0.121 e. The van der Waals surface area contributed by atoms with E-state index in [9.17, 15) is 0 Å². The van der Waals surface area contributed by atoms with Crippen LogP contribution < -0.4 is 4.74 Å². The van der Waals surface area contributed by atoms with Crippen molar-refractivity contribution in [2.75, 3.05) is 7.11 Å². The van der Waals surface area contributed by atoms with Gasteiger partial charge in [-0.25, -0.2) is 4.98 Å². The molecule has 1 aromatic heterocycles. The molecular weight excluding hydrogens is 210 g/mol. The Labute approximate surface area is 99.9 Å². The van der Waals surface area contributed by atoms with Gasteiger partial charge in [0.15, 0.2) is 0 Å². The van der Waals surface area contributed by atoms with Gasteiger partial charge in [-0.1, -0.05) is 18.2 Å². The van der Waals surface area contributed by atoms with Crippen molar-refractivity contribution in [1.29, 1.82) is 0 Å². The van der Waals surface area contributed by atoms with E-state index >= 15 is 0 Å². The minimum atomic E-state index is 0.847. The lowest BCUT2D eigenvalue weighted by molar-refractivity contribution is 0.415. The van der Waals surface area contributed by atoms with Gasteiger partial charge in [0.25, 0.3) is 0 Å². The van der Waals surface area contributed by atoms with Crippen molar-refractivity contribution in [3.63, 3.8) is 0 Å². The molecule has 2 heteroatoms. The Morgan fingerprint density at radius 1 is 0.941 bits per heavy atom. The molecule has 0 radical (unpaired) electrons. The fourth-order valence-corrected chi connectivity index (χ4v) is 2.21. The van der Waals surface area contributed by atoms with Crippen LogP contribution in [-0.2, 0) is 0 Å². The van der Waals surface area contributed by atoms with E-state index < -0.39 is 0 Å². The normalized spacial score (nSPS) is 10.9. The predicted molar refractivity (Wildman–Crippen MR) is 70.5 cm³/mol. The van der Waals surface area contributed by atoms with Crippen molar-refractivity contribution in [3.8, 4) is 5.75 Å². The molecule has 3 rings (SSSR count). The highest BCUT2D eigenvalue weighted by Crippen LogP contribution is 2.27. The van der Waals surface area contributed by atoms with Crippen LogP contribution >= 0.6 is 0 Å². The van der Waals surface area contributed by atoms with Crippen LogP contribution in [0, 0.1) is 6.92 Å². The Hall–Kier alpha value is -2.09. The zero-order chi connectivity index (χ0) is 11.8. The summed E-state index contributed by atoms with van der Waals surface area (Å²) in [6.07, 6.45) is 0. The first-order chi connectivity index (χ1) is 8.29. The van der Waals surface area contributed by atoms with Crippen molar-refractivity contribution >= 4 is 21.8 Å². The summed E-state index contributed by atoms with van der Waals surface area (Å²) in [6.45, 7) is 2.14. The van der Waals surface area contributed by atoms with Crippen molar-refractivity contribution in [3.05, 3.63) is 48.0 Å². The number of ether oxygens (including phenoxy) is 1. The van der Waals surface area contributed by atoms with E-state index in [2.05, 4.69) is 24.0 Å². The standard InChI is InChI=1S/C15H13NO/c1-10-12-5-3-4-6-14(12)16-15-9-11(17-2)7-8-13(10)15/h3-9H,1-2H3. The fraction of sp³-hybridized carbons (Fsp3) is 0.133. The highest BCUT2D eigenvalue weighted by atomic mass is 16.5. The van der Waals surface area contributed by atoms with Crippen LogP contribution in [0.4, 0.5) is 0 Å². The van der Waals surface area contributed by atoms with Gasteiger partial charge < -0.3 is 4.74 Å². The molecule has 0 N–H and O–H groups in total. The summed E-state index contributed by atoms with van der Waals surface area (Å²) in [4.78, 5) is 4.67. The van der Waals surface area contributed by atoms with Gasteiger partial charge in [-0.3, -0.25) is 0 Å². The molecule has 0 aliphatic carbocycles. The molecule has 2 aromatic carbocycles. The Balaban J connectivity index is 2.45. The van der Waals surface area contributed by atoms with Crippen molar-refractivity contribution in [1.82, 2.24) is 4.98 Å². The van der Waals surface area contributed by atoms with Gasteiger partial charge >= 0.3 is 0 Å². The van der Waals surface area contributed by atoms with Gasteiger partial charge in [-0.15, -0.1) is 0 Å². The molecule has 0 saturated heterocycles. The summed E-state index contributed by atoms with van der Waals surface area (Å²) >= 11 is 0. The summed E-state index contributed by atoms with van der Waals surface area (Å²) in [5.74, 6) is 0.847. The number of rotatable bonds is 1. The second-order valence-electron chi connectivity index (χ2n) is 4.14. The van der Waals surface area contributed by atoms with E-state index in [-0.39, 0.29) is 0 Å². The van der Waals surface area contributed by atoms with E-state index in [1.807, 2.05) is 30.3 Å². The zero-order valence-electron chi connectivity index (χ0n) is 9.90. The van der Waals surface area contributed by atoms with Crippen LogP contribution in [0.2, 0.25) is 0 Å². The van der Waals surface area contributed by atoms with E-state index in [1.165, 1.54) is 16.3 Å². The first-order valence-electron chi connectivity index (χ1n) is 5.62. The zero-order valence-corrected chi connectivity index (χ0v) is 9.90. The summed E-state index contributed by atoms with van der Waals surface area (Å²) in [6, 6.07) is 14.2. The lowest BCUT2D eigenvalue weighted by Gasteiger charge is -2.08. The Morgan fingerprint density at radius 2 is 1.71 bits per heavy atom. The third-order valence-corrected chi connectivity index (χ3v) is 3.16. The second kappa shape index (κ2) is 3.74. The van der Waals surface area contributed by atoms with Gasteiger partial charge in [0.05, 0.1) is 18.1 Å². The lowest BCUT2D eigenvalue weighted by atomic mass is 10.0. The minimum Gasteiger partial charge on any atom is -0.497 e. The van der Waals surface area contributed by atoms with Crippen molar-refractivity contribution in [2.24, 2.45) is 0 Å². The van der Waals surface area contributed by atoms with Crippen LogP contribution in [0.3, 0.4) is 0 Å². The van der Waals surface area contributed by atoms with Crippen molar-refractivity contribution < 1.29 is 4.74 Å². The van der Waals surface area contributed by atoms with Gasteiger partial charge in [0, 0.05) is 16.8 Å². The number of aromatic nitrogens is 1. The van der Waals surface area contributed by atoms with Crippen LogP contribution in [0.15, 0.2) is 42.5 Å². The number of aryl methyl sites for hydroxylation is 1. The number of hydrogen-bond donors (Lipinski definition) is 0. The first-order valence-corrected chi connectivity index (χ1v) is 5.62. The van der Waals surface area contributed by atoms with Gasteiger partial charge in [-0.2, -0.15) is 0 Å². The molecule has 17 heavy (non-hydrogen) atoms. The van der Waals surface area contributed by atoms with E-state index in [1.54, 1.807) is 7.11 Å². The first kappa shape index (κ1) is 10.1. The van der Waals surface area contributed by atoms with Gasteiger partial charge in [0.1, 0.15) is 5.75 Å². The largest absolute Gasteiger partial charge is 0.497 e. The summed E-state index contributed by atoms with van der Waals surface area (Å²) < 4.78 is 5.23. The number of methoxy groups -OCH3 is 1. The minimum absolute atomic E-state index is 0.847. The summed E-state index contributed by atoms with van der Waals surface area (Å²) in [5.41, 5.74) is 3.29. The monoisotopic (exact) mass is 223 g/mol. The molecule has 3 aromatic rings. The molecule has 2 nitrogen and oxygen atoms in total. The lowest BCUT2D eigenvalue weighted by Crippen LogP contribution is -1.89. The van der Waals surface area contributed by atoms with Crippen LogP contribution in [-0.4, -0.2) is 12.1 Å². The van der Waals surface area contributed by atoms with Crippen LogP contribution in [0.1, 0.15) is 5.56 Å². The second-order valence-corrected chi connectivity index (χ2v) is 4.14. The molecule has 0 saturated carbocycles. The fourth-order valence-electron chi connectivity index (χ4n) is 2.21. The number of hydrogen-bond acceptors (Lipinski definition) is 2. The average Bonchev–Trinajstić information content (AvgIpc) is 2.38. The van der Waals surface area contributed by atoms with Crippen LogP contribution in [0.25, 0.3) is 21.8 Å². The Morgan fingerprint density at radius 3 is 2.53 bits per heavy atom. The van der Waals surface area contributed by atoms with Gasteiger partial charge in [-0.05, 0) is 30.7 Å². The number of fused-ring (bicyclic) bond motifs is 2. The summed E-state index contributed by atoms with van der Waals surface area (Å²) in [7, 11) is 1.68. The van der Waals surface area contributed by atoms with E-state index in [4.69, 9.17) is 4.74 Å². The molecule has 0 spiro atoms. The smallest absolute Gasteiger partial charge is 0.121 e. The van der Waals surface area contributed by atoms with Gasteiger partial charge in [0.2, 0.25) is 0 Å². The topological polar surface area (TPSA) is 22.1 Å². The molecular formula is C15H13NO. The molecule has 0 aliphatic rings. The molecule has 0 atom stereocenters. The van der Waals surface area contributed by atoms with E-state index in [0.29, 0.717) is 0 Å². The number of para-hydroxylation sites is 1. The molecule has 84 valence electrons. The number of nitrogens with zero attached hydrogens (tertiary/aromatic N) is 1. The molecule has 0 aliphatic heterocycles. The Kier molecular flexibility index (Phi) is 2.22. The highest BCUT2D eigenvalue weighted by molar-refractivity contribution is 5.97. The molecule has 0 unspecified atom stereocenters. The SMILES string of the molecule is COc1ccc2c(C)c3ccccc3nc2c1. The maximum atomic E-state index is 5.23. The molecule has 0 fully saturated rings. The number of pyridine rings is 1. The Bertz CT molecular complexity index is 704. The molecule has 1 heterocycles. The number of benzene rings is 2. The summed E-state index contributed by atoms with van der Waals surface area (Å²) in [5, 5.41) is 2.40. The third-order valence-electron chi connectivity index (χ3n) is 3.16. The average molecular weight is 223 g/mol. The molecule has 0 bridgehead atoms.